The lowest BCUT2D eigenvalue weighted by Crippen LogP contribution is -2.29. The van der Waals surface area contributed by atoms with E-state index in [0.29, 0.717) is 5.82 Å². The van der Waals surface area contributed by atoms with Gasteiger partial charge in [-0.3, -0.25) is 4.79 Å². The van der Waals surface area contributed by atoms with Crippen LogP contribution in [0.1, 0.15) is 12.7 Å². The van der Waals surface area contributed by atoms with Crippen molar-refractivity contribution in [2.45, 2.75) is 18.8 Å². The van der Waals surface area contributed by atoms with Crippen molar-refractivity contribution in [1.82, 2.24) is 15.5 Å². The van der Waals surface area contributed by atoms with E-state index in [0.717, 1.165) is 0 Å². The smallest absolute Gasteiger partial charge is 0.238 e. The summed E-state index contributed by atoms with van der Waals surface area (Å²) in [4.78, 5) is 14.6. The van der Waals surface area contributed by atoms with Crippen LogP contribution in [0, 0.1) is 0 Å². The highest BCUT2D eigenvalue weighted by atomic mass is 35.5. The molecule has 6 heteroatoms. The molecule has 1 aromatic heterocycles. The number of carbonyl (C=O) groups excluding carboxylic acids is 1. The van der Waals surface area contributed by atoms with E-state index in [-0.39, 0.29) is 12.5 Å². The molecule has 12 heavy (non-hydrogen) atoms. The molecule has 0 bridgehead atoms. The second-order valence-electron chi connectivity index (χ2n) is 2.18. The first-order chi connectivity index (χ1) is 5.70. The van der Waals surface area contributed by atoms with Gasteiger partial charge in [0.05, 0.1) is 6.54 Å². The third-order valence-corrected chi connectivity index (χ3v) is 1.39. The van der Waals surface area contributed by atoms with Gasteiger partial charge in [0.25, 0.3) is 0 Å². The van der Waals surface area contributed by atoms with Crippen LogP contribution >= 0.6 is 11.6 Å². The summed E-state index contributed by atoms with van der Waals surface area (Å²) in [7, 11) is 0. The van der Waals surface area contributed by atoms with Crippen molar-refractivity contribution < 1.29 is 9.32 Å². The fourth-order valence-corrected chi connectivity index (χ4v) is 0.654. The monoisotopic (exact) mass is 189 g/mol. The Morgan fingerprint density at radius 1 is 1.92 bits per heavy atom. The van der Waals surface area contributed by atoms with Crippen molar-refractivity contribution in [2.75, 3.05) is 0 Å². The minimum Gasteiger partial charge on any atom is -0.347 e. The molecule has 1 heterocycles. The highest BCUT2D eigenvalue weighted by Gasteiger charge is 2.08. The Morgan fingerprint density at radius 2 is 2.67 bits per heavy atom. The number of nitrogens with one attached hydrogen (secondary N) is 1. The van der Waals surface area contributed by atoms with Crippen LogP contribution in [0.3, 0.4) is 0 Å². The lowest BCUT2D eigenvalue weighted by molar-refractivity contribution is -0.120. The summed E-state index contributed by atoms with van der Waals surface area (Å²) in [6, 6.07) is 0. The maximum absolute atomic E-state index is 10.9. The summed E-state index contributed by atoms with van der Waals surface area (Å²) >= 11 is 5.49. The largest absolute Gasteiger partial charge is 0.347 e. The Morgan fingerprint density at radius 3 is 3.17 bits per heavy atom. The van der Waals surface area contributed by atoms with Crippen LogP contribution < -0.4 is 5.32 Å². The number of aromatic nitrogens is 2. The fourth-order valence-electron chi connectivity index (χ4n) is 0.577. The molecule has 5 nitrogen and oxygen atoms in total. The molecular formula is C6H8ClN3O2. The zero-order valence-corrected chi connectivity index (χ0v) is 7.21. The maximum atomic E-state index is 10.9. The van der Waals surface area contributed by atoms with E-state index in [9.17, 15) is 4.79 Å². The molecule has 0 saturated heterocycles. The minimum atomic E-state index is -0.545. The molecule has 0 aliphatic rings. The van der Waals surface area contributed by atoms with E-state index < -0.39 is 5.38 Å². The summed E-state index contributed by atoms with van der Waals surface area (Å²) in [6.07, 6.45) is 1.20. The third kappa shape index (κ3) is 2.50. The van der Waals surface area contributed by atoms with Gasteiger partial charge in [0.2, 0.25) is 12.3 Å². The Hall–Kier alpha value is -1.10. The molecular weight excluding hydrogens is 182 g/mol. The second kappa shape index (κ2) is 4.06. The van der Waals surface area contributed by atoms with E-state index in [1.807, 2.05) is 0 Å². The summed E-state index contributed by atoms with van der Waals surface area (Å²) < 4.78 is 4.46. The lowest BCUT2D eigenvalue weighted by atomic mass is 10.4. The lowest BCUT2D eigenvalue weighted by Gasteiger charge is -2.02. The summed E-state index contributed by atoms with van der Waals surface area (Å²) in [5, 5.41) is 5.49. The molecule has 1 rings (SSSR count). The number of halogens is 1. The third-order valence-electron chi connectivity index (χ3n) is 1.19. The number of rotatable bonds is 3. The first-order valence-electron chi connectivity index (χ1n) is 3.37. The van der Waals surface area contributed by atoms with Gasteiger partial charge in [-0.2, -0.15) is 4.98 Å². The van der Waals surface area contributed by atoms with Crippen LogP contribution in [0.4, 0.5) is 0 Å². The first kappa shape index (κ1) is 8.99. The van der Waals surface area contributed by atoms with Gasteiger partial charge in [-0.05, 0) is 6.92 Å². The summed E-state index contributed by atoms with van der Waals surface area (Å²) in [5.74, 6) is 0.183. The van der Waals surface area contributed by atoms with Gasteiger partial charge in [0.1, 0.15) is 5.38 Å². The predicted octanol–water partition coefficient (Wildman–Crippen LogP) is 0.313. The van der Waals surface area contributed by atoms with Gasteiger partial charge < -0.3 is 9.84 Å². The van der Waals surface area contributed by atoms with Gasteiger partial charge >= 0.3 is 0 Å². The topological polar surface area (TPSA) is 68.0 Å². The number of hydrogen-bond acceptors (Lipinski definition) is 4. The van der Waals surface area contributed by atoms with Gasteiger partial charge in [-0.15, -0.1) is 11.6 Å². The highest BCUT2D eigenvalue weighted by Crippen LogP contribution is 1.93. The molecule has 0 radical (unpaired) electrons. The highest BCUT2D eigenvalue weighted by molar-refractivity contribution is 6.30. The molecule has 1 atom stereocenters. The van der Waals surface area contributed by atoms with Crippen LogP contribution in [-0.4, -0.2) is 21.4 Å². The Labute approximate surface area is 74.1 Å². The maximum Gasteiger partial charge on any atom is 0.238 e. The molecule has 0 aromatic carbocycles. The Bertz CT molecular complexity index is 247. The van der Waals surface area contributed by atoms with Crippen molar-refractivity contribution in [2.24, 2.45) is 0 Å². The molecule has 0 aliphatic heterocycles. The van der Waals surface area contributed by atoms with E-state index >= 15 is 0 Å². The molecule has 0 fully saturated rings. The number of hydrogen-bond donors (Lipinski definition) is 1. The van der Waals surface area contributed by atoms with E-state index in [2.05, 4.69) is 20.0 Å². The quantitative estimate of drug-likeness (QED) is 0.695. The molecule has 1 aromatic rings. The number of carbonyl (C=O) groups is 1. The van der Waals surface area contributed by atoms with E-state index in [4.69, 9.17) is 11.6 Å². The van der Waals surface area contributed by atoms with Crippen LogP contribution in [-0.2, 0) is 11.3 Å². The average Bonchev–Trinajstić information content (AvgIpc) is 2.51. The normalized spacial score (nSPS) is 12.5. The molecule has 66 valence electrons. The average molecular weight is 190 g/mol. The Kier molecular flexibility index (Phi) is 3.04. The van der Waals surface area contributed by atoms with Gasteiger partial charge in [0, 0.05) is 0 Å². The van der Waals surface area contributed by atoms with Crippen molar-refractivity contribution in [3.63, 3.8) is 0 Å². The SMILES string of the molecule is CC(Cl)C(=O)NCc1ncon1. The molecule has 0 spiro atoms. The molecule has 0 aliphatic carbocycles. The Balaban J connectivity index is 2.32. The van der Waals surface area contributed by atoms with E-state index in [1.165, 1.54) is 6.39 Å². The standard InChI is InChI=1S/C6H8ClN3O2/c1-4(7)6(11)8-2-5-9-3-12-10-5/h3-4H,2H2,1H3,(H,8,11). The van der Waals surface area contributed by atoms with Gasteiger partial charge in [-0.1, -0.05) is 5.16 Å². The van der Waals surface area contributed by atoms with Gasteiger partial charge in [0.15, 0.2) is 5.82 Å². The molecule has 1 amide bonds. The van der Waals surface area contributed by atoms with Crippen LogP contribution in [0.15, 0.2) is 10.9 Å². The summed E-state index contributed by atoms with van der Waals surface area (Å²) in [6.45, 7) is 1.83. The number of nitrogens with zero attached hydrogens (tertiary/aromatic N) is 2. The predicted molar refractivity (Wildman–Crippen MR) is 41.5 cm³/mol. The van der Waals surface area contributed by atoms with Crippen molar-refractivity contribution in [1.29, 1.82) is 0 Å². The van der Waals surface area contributed by atoms with Crippen LogP contribution in [0.2, 0.25) is 0 Å². The first-order valence-corrected chi connectivity index (χ1v) is 3.81. The molecule has 1 N–H and O–H groups in total. The molecule has 0 saturated carbocycles. The zero-order chi connectivity index (χ0) is 8.97. The number of amides is 1. The van der Waals surface area contributed by atoms with Crippen molar-refractivity contribution in [3.05, 3.63) is 12.2 Å². The second-order valence-corrected chi connectivity index (χ2v) is 2.84. The number of alkyl halides is 1. The minimum absolute atomic E-state index is 0.242. The van der Waals surface area contributed by atoms with Crippen LogP contribution in [0.5, 0.6) is 0 Å². The van der Waals surface area contributed by atoms with Gasteiger partial charge in [-0.25, -0.2) is 0 Å². The van der Waals surface area contributed by atoms with Crippen LogP contribution in [0.25, 0.3) is 0 Å². The van der Waals surface area contributed by atoms with Crippen molar-refractivity contribution >= 4 is 17.5 Å². The zero-order valence-electron chi connectivity index (χ0n) is 6.45. The summed E-state index contributed by atoms with van der Waals surface area (Å²) in [5.41, 5.74) is 0. The van der Waals surface area contributed by atoms with Crippen molar-refractivity contribution in [3.8, 4) is 0 Å². The fraction of sp³-hybridized carbons (Fsp3) is 0.500. The molecule has 1 unspecified atom stereocenters. The van der Waals surface area contributed by atoms with E-state index in [1.54, 1.807) is 6.92 Å².